The van der Waals surface area contributed by atoms with E-state index in [2.05, 4.69) is 15.6 Å². The van der Waals surface area contributed by atoms with E-state index in [1.807, 2.05) is 42.5 Å². The zero-order valence-corrected chi connectivity index (χ0v) is 23.9. The Kier molecular flexibility index (Phi) is 14.4. The van der Waals surface area contributed by atoms with E-state index in [9.17, 15) is 9.59 Å². The third-order valence-corrected chi connectivity index (χ3v) is 5.65. The summed E-state index contributed by atoms with van der Waals surface area (Å²) in [7, 11) is 3.22. The second-order valence-electron chi connectivity index (χ2n) is 8.70. The van der Waals surface area contributed by atoms with Crippen LogP contribution in [0.4, 0.5) is 4.79 Å². The van der Waals surface area contributed by atoms with E-state index in [0.29, 0.717) is 75.5 Å². The minimum Gasteiger partial charge on any atom is -0.497 e. The van der Waals surface area contributed by atoms with Crippen LogP contribution in [0.1, 0.15) is 21.5 Å². The molecule has 11 nitrogen and oxygen atoms in total. The second-order valence-corrected chi connectivity index (χ2v) is 8.70. The normalized spacial score (nSPS) is 10.8. The average molecular weight is 580 g/mol. The van der Waals surface area contributed by atoms with Gasteiger partial charge in [-0.3, -0.25) is 9.78 Å². The van der Waals surface area contributed by atoms with Crippen molar-refractivity contribution in [3.8, 4) is 17.2 Å². The maximum Gasteiger partial charge on any atom is 0.412 e. The van der Waals surface area contributed by atoms with Crippen LogP contribution in [-0.2, 0) is 14.2 Å². The van der Waals surface area contributed by atoms with E-state index in [4.69, 9.17) is 28.4 Å². The van der Waals surface area contributed by atoms with Gasteiger partial charge < -0.3 is 39.1 Å². The smallest absolute Gasteiger partial charge is 0.412 e. The lowest BCUT2D eigenvalue weighted by atomic mass is 10.1. The fourth-order valence-electron chi connectivity index (χ4n) is 3.51. The van der Waals surface area contributed by atoms with Crippen LogP contribution in [0.15, 0.2) is 67.0 Å². The van der Waals surface area contributed by atoms with E-state index in [0.717, 1.165) is 11.1 Å². The van der Waals surface area contributed by atoms with E-state index >= 15 is 0 Å². The zero-order chi connectivity index (χ0) is 29.8. The Morgan fingerprint density at radius 1 is 0.714 bits per heavy atom. The van der Waals surface area contributed by atoms with Gasteiger partial charge in [-0.05, 0) is 47.5 Å². The van der Waals surface area contributed by atoms with Crippen LogP contribution in [0, 0.1) is 0 Å². The number of ether oxygens (including phenoxy) is 6. The molecule has 0 spiro atoms. The van der Waals surface area contributed by atoms with Crippen molar-refractivity contribution in [1.29, 1.82) is 0 Å². The molecule has 0 radical (unpaired) electrons. The minimum absolute atomic E-state index is 0.186. The fourth-order valence-corrected chi connectivity index (χ4v) is 3.51. The zero-order valence-electron chi connectivity index (χ0n) is 23.9. The molecule has 224 valence electrons. The molecule has 1 heterocycles. The van der Waals surface area contributed by atoms with Crippen LogP contribution in [0.5, 0.6) is 17.2 Å². The SMILES string of the molecule is COc1cc(/C=C/c2ccc(OC(=O)NCCOCCOCCOCCNC(=O)c3cccnc3)cc2)cc(OC)c1. The van der Waals surface area contributed by atoms with E-state index in [-0.39, 0.29) is 5.91 Å². The predicted octanol–water partition coefficient (Wildman–Crippen LogP) is 3.84. The van der Waals surface area contributed by atoms with Gasteiger partial charge in [0, 0.05) is 31.5 Å². The molecule has 2 amide bonds. The third kappa shape index (κ3) is 12.4. The first-order valence-corrected chi connectivity index (χ1v) is 13.5. The Morgan fingerprint density at radius 3 is 1.90 bits per heavy atom. The largest absolute Gasteiger partial charge is 0.497 e. The Morgan fingerprint density at radius 2 is 1.31 bits per heavy atom. The number of carbonyl (C=O) groups is 2. The number of nitrogens with one attached hydrogen (secondary N) is 2. The lowest BCUT2D eigenvalue weighted by Crippen LogP contribution is -2.30. The summed E-state index contributed by atoms with van der Waals surface area (Å²) in [6.07, 6.45) is 6.46. The average Bonchev–Trinajstić information content (AvgIpc) is 3.03. The van der Waals surface area contributed by atoms with Crippen molar-refractivity contribution in [2.75, 3.05) is 67.0 Å². The summed E-state index contributed by atoms with van der Waals surface area (Å²) >= 11 is 0. The molecule has 3 aromatic rings. The molecule has 0 fully saturated rings. The van der Waals surface area contributed by atoms with Crippen LogP contribution < -0.4 is 24.8 Å². The van der Waals surface area contributed by atoms with Crippen LogP contribution in [0.3, 0.4) is 0 Å². The molecule has 11 heteroatoms. The molecule has 2 N–H and O–H groups in total. The van der Waals surface area contributed by atoms with Gasteiger partial charge in [0.25, 0.3) is 5.91 Å². The van der Waals surface area contributed by atoms with Crippen molar-refractivity contribution in [2.24, 2.45) is 0 Å². The standard InChI is InChI=1S/C31H37N3O8/c1-37-28-20-25(21-29(22-28)38-2)6-5-24-7-9-27(10-8-24)42-31(36)34-13-15-40-17-19-41-18-16-39-14-12-33-30(35)26-4-3-11-32-23-26/h3-11,20-23H,12-19H2,1-2H3,(H,33,35)(H,34,36)/b6-5+. The third-order valence-electron chi connectivity index (χ3n) is 5.65. The maximum absolute atomic E-state index is 12.0. The summed E-state index contributed by atoms with van der Waals surface area (Å²) < 4.78 is 32.2. The summed E-state index contributed by atoms with van der Waals surface area (Å²) in [5.74, 6) is 1.67. The number of methoxy groups -OCH3 is 2. The Bertz CT molecular complexity index is 1230. The number of aromatic nitrogens is 1. The topological polar surface area (TPSA) is 126 Å². The van der Waals surface area contributed by atoms with Crippen LogP contribution in [-0.4, -0.2) is 83.9 Å². The first-order valence-electron chi connectivity index (χ1n) is 13.5. The Hall–Kier alpha value is -4.45. The number of pyridine rings is 1. The number of hydrogen-bond donors (Lipinski definition) is 2. The van der Waals surface area contributed by atoms with E-state index in [1.54, 1.807) is 44.7 Å². The first kappa shape index (κ1) is 32.1. The highest BCUT2D eigenvalue weighted by atomic mass is 16.6. The van der Waals surface area contributed by atoms with Crippen molar-refractivity contribution < 1.29 is 38.0 Å². The van der Waals surface area contributed by atoms with Gasteiger partial charge in [-0.25, -0.2) is 4.79 Å². The van der Waals surface area contributed by atoms with Crippen molar-refractivity contribution in [1.82, 2.24) is 15.6 Å². The number of amides is 2. The number of hydrogen-bond acceptors (Lipinski definition) is 9. The maximum atomic E-state index is 12.0. The molecule has 2 aromatic carbocycles. The number of rotatable bonds is 18. The molecule has 0 atom stereocenters. The molecule has 0 unspecified atom stereocenters. The summed E-state index contributed by atoms with van der Waals surface area (Å²) in [4.78, 5) is 27.8. The highest BCUT2D eigenvalue weighted by Gasteiger charge is 2.05. The van der Waals surface area contributed by atoms with Gasteiger partial charge in [-0.2, -0.15) is 0 Å². The summed E-state index contributed by atoms with van der Waals surface area (Å²) in [6.45, 7) is 3.01. The number of benzene rings is 2. The van der Waals surface area contributed by atoms with Gasteiger partial charge in [0.15, 0.2) is 0 Å². The minimum atomic E-state index is -0.560. The molecule has 0 saturated heterocycles. The molecular weight excluding hydrogens is 542 g/mol. The van der Waals surface area contributed by atoms with Gasteiger partial charge in [0.05, 0.1) is 59.4 Å². The van der Waals surface area contributed by atoms with E-state index in [1.165, 1.54) is 6.20 Å². The molecular formula is C31H37N3O8. The first-order chi connectivity index (χ1) is 20.6. The Labute approximate surface area is 245 Å². The second kappa shape index (κ2) is 18.8. The van der Waals surface area contributed by atoms with Crippen molar-refractivity contribution in [3.05, 3.63) is 83.7 Å². The predicted molar refractivity (Wildman–Crippen MR) is 158 cm³/mol. The molecule has 0 saturated carbocycles. The van der Waals surface area contributed by atoms with Gasteiger partial charge in [-0.15, -0.1) is 0 Å². The van der Waals surface area contributed by atoms with Crippen LogP contribution in [0.2, 0.25) is 0 Å². The lowest BCUT2D eigenvalue weighted by Gasteiger charge is -2.09. The molecule has 0 aliphatic heterocycles. The van der Waals surface area contributed by atoms with Crippen molar-refractivity contribution in [2.45, 2.75) is 0 Å². The monoisotopic (exact) mass is 579 g/mol. The fraction of sp³-hybridized carbons (Fsp3) is 0.323. The Balaban J connectivity index is 1.18. The van der Waals surface area contributed by atoms with E-state index < -0.39 is 6.09 Å². The molecule has 0 bridgehead atoms. The number of nitrogens with zero attached hydrogens (tertiary/aromatic N) is 1. The molecule has 0 aliphatic carbocycles. The number of carbonyl (C=O) groups excluding carboxylic acids is 2. The van der Waals surface area contributed by atoms with Gasteiger partial charge >= 0.3 is 6.09 Å². The lowest BCUT2D eigenvalue weighted by molar-refractivity contribution is 0.0158. The van der Waals surface area contributed by atoms with Gasteiger partial charge in [0.1, 0.15) is 17.2 Å². The molecule has 42 heavy (non-hydrogen) atoms. The highest BCUT2D eigenvalue weighted by Crippen LogP contribution is 2.24. The quantitative estimate of drug-likeness (QED) is 0.171. The van der Waals surface area contributed by atoms with Crippen LogP contribution >= 0.6 is 0 Å². The van der Waals surface area contributed by atoms with Gasteiger partial charge in [0.2, 0.25) is 0 Å². The van der Waals surface area contributed by atoms with Crippen LogP contribution in [0.25, 0.3) is 12.2 Å². The summed E-state index contributed by atoms with van der Waals surface area (Å²) in [5.41, 5.74) is 2.39. The summed E-state index contributed by atoms with van der Waals surface area (Å²) in [6, 6.07) is 16.2. The van der Waals surface area contributed by atoms with Gasteiger partial charge in [-0.1, -0.05) is 24.3 Å². The summed E-state index contributed by atoms with van der Waals surface area (Å²) in [5, 5.41) is 5.40. The van der Waals surface area contributed by atoms with Crippen molar-refractivity contribution in [3.63, 3.8) is 0 Å². The molecule has 3 rings (SSSR count). The van der Waals surface area contributed by atoms with Crippen molar-refractivity contribution >= 4 is 24.2 Å². The highest BCUT2D eigenvalue weighted by molar-refractivity contribution is 5.93. The molecule has 1 aromatic heterocycles. The molecule has 0 aliphatic rings.